The third-order valence-corrected chi connectivity index (χ3v) is 4.12. The lowest BCUT2D eigenvalue weighted by atomic mass is 10.1. The molecule has 7 heteroatoms. The van der Waals surface area contributed by atoms with E-state index in [0.29, 0.717) is 51.0 Å². The smallest absolute Gasteiger partial charge is 0.409 e. The van der Waals surface area contributed by atoms with Crippen LogP contribution in [0.1, 0.15) is 39.7 Å². The Morgan fingerprint density at radius 1 is 1.07 bits per heavy atom. The first-order chi connectivity index (χ1) is 13.4. The third kappa shape index (κ3) is 9.08. The SMILES string of the molecule is CCOC(=O)N(CCOc1ccc(CC(OCC)C(=O)O)cc1)CCC(C)C. The zero-order chi connectivity index (χ0) is 20.9. The molecule has 0 aliphatic heterocycles. The van der Waals surface area contributed by atoms with Gasteiger partial charge in [-0.25, -0.2) is 9.59 Å². The molecule has 0 saturated heterocycles. The van der Waals surface area contributed by atoms with Crippen molar-refractivity contribution in [3.63, 3.8) is 0 Å². The topological polar surface area (TPSA) is 85.3 Å². The predicted octanol–water partition coefficient (Wildman–Crippen LogP) is 3.60. The molecule has 0 heterocycles. The highest BCUT2D eigenvalue weighted by Crippen LogP contribution is 2.15. The highest BCUT2D eigenvalue weighted by atomic mass is 16.6. The number of nitrogens with zero attached hydrogens (tertiary/aromatic N) is 1. The van der Waals surface area contributed by atoms with Crippen molar-refractivity contribution in [1.82, 2.24) is 4.90 Å². The molecule has 0 aliphatic carbocycles. The second-order valence-corrected chi connectivity index (χ2v) is 6.85. The third-order valence-electron chi connectivity index (χ3n) is 4.12. The van der Waals surface area contributed by atoms with Gasteiger partial charge < -0.3 is 24.2 Å². The number of carbonyl (C=O) groups excluding carboxylic acids is 1. The number of hydrogen-bond acceptors (Lipinski definition) is 5. The van der Waals surface area contributed by atoms with Crippen molar-refractivity contribution >= 4 is 12.1 Å². The number of carboxylic acids is 1. The van der Waals surface area contributed by atoms with Crippen LogP contribution in [0.3, 0.4) is 0 Å². The first kappa shape index (κ1) is 23.8. The standard InChI is InChI=1S/C21H33NO6/c1-5-26-19(20(23)24)15-17-7-9-18(10-8-17)28-14-13-22(12-11-16(3)4)21(25)27-6-2/h7-10,16,19H,5-6,11-15H2,1-4H3,(H,23,24). The average molecular weight is 395 g/mol. The molecule has 28 heavy (non-hydrogen) atoms. The summed E-state index contributed by atoms with van der Waals surface area (Å²) in [4.78, 5) is 24.9. The van der Waals surface area contributed by atoms with E-state index in [1.165, 1.54) is 0 Å². The van der Waals surface area contributed by atoms with Crippen molar-refractivity contribution in [2.75, 3.05) is 32.9 Å². The van der Waals surface area contributed by atoms with Crippen molar-refractivity contribution < 1.29 is 28.9 Å². The van der Waals surface area contributed by atoms with Crippen LogP contribution in [0.4, 0.5) is 4.79 Å². The van der Waals surface area contributed by atoms with Crippen molar-refractivity contribution in [3.05, 3.63) is 29.8 Å². The number of rotatable bonds is 13. The lowest BCUT2D eigenvalue weighted by molar-refractivity contribution is -0.149. The maximum absolute atomic E-state index is 12.0. The van der Waals surface area contributed by atoms with Gasteiger partial charge in [-0.15, -0.1) is 0 Å². The quantitative estimate of drug-likeness (QED) is 0.549. The van der Waals surface area contributed by atoms with E-state index < -0.39 is 12.1 Å². The maximum Gasteiger partial charge on any atom is 0.409 e. The van der Waals surface area contributed by atoms with Crippen molar-refractivity contribution in [2.45, 2.75) is 46.6 Å². The molecular formula is C21H33NO6. The highest BCUT2D eigenvalue weighted by Gasteiger charge is 2.18. The average Bonchev–Trinajstić information content (AvgIpc) is 2.65. The Morgan fingerprint density at radius 2 is 1.75 bits per heavy atom. The fourth-order valence-electron chi connectivity index (χ4n) is 2.55. The van der Waals surface area contributed by atoms with Crippen LogP contribution in [0.25, 0.3) is 0 Å². The molecule has 0 aliphatic rings. The van der Waals surface area contributed by atoms with Gasteiger partial charge in [0.2, 0.25) is 0 Å². The summed E-state index contributed by atoms with van der Waals surface area (Å²) in [5.74, 6) is 0.194. The van der Waals surface area contributed by atoms with Gasteiger partial charge in [0.25, 0.3) is 0 Å². The Balaban J connectivity index is 2.54. The first-order valence-electron chi connectivity index (χ1n) is 9.85. The Kier molecular flexibility index (Phi) is 11.0. The van der Waals surface area contributed by atoms with E-state index in [1.807, 2.05) is 12.1 Å². The van der Waals surface area contributed by atoms with Crippen LogP contribution < -0.4 is 4.74 Å². The Morgan fingerprint density at radius 3 is 2.29 bits per heavy atom. The summed E-state index contributed by atoms with van der Waals surface area (Å²) >= 11 is 0. The van der Waals surface area contributed by atoms with Gasteiger partial charge in [-0.05, 0) is 43.9 Å². The van der Waals surface area contributed by atoms with E-state index in [4.69, 9.17) is 19.3 Å². The van der Waals surface area contributed by atoms with Crippen LogP contribution in [0, 0.1) is 5.92 Å². The lowest BCUT2D eigenvalue weighted by Crippen LogP contribution is -2.36. The minimum atomic E-state index is -0.970. The summed E-state index contributed by atoms with van der Waals surface area (Å²) in [7, 11) is 0. The van der Waals surface area contributed by atoms with Gasteiger partial charge in [0, 0.05) is 19.6 Å². The van der Waals surface area contributed by atoms with Crippen molar-refractivity contribution in [1.29, 1.82) is 0 Å². The van der Waals surface area contributed by atoms with Crippen LogP contribution in [-0.4, -0.2) is 61.1 Å². The van der Waals surface area contributed by atoms with Gasteiger partial charge in [0.1, 0.15) is 12.4 Å². The molecule has 1 aromatic rings. The van der Waals surface area contributed by atoms with E-state index >= 15 is 0 Å². The number of ether oxygens (including phenoxy) is 3. The van der Waals surface area contributed by atoms with Crippen LogP contribution in [-0.2, 0) is 20.7 Å². The van der Waals surface area contributed by atoms with E-state index in [0.717, 1.165) is 12.0 Å². The number of carbonyl (C=O) groups is 2. The monoisotopic (exact) mass is 395 g/mol. The second-order valence-electron chi connectivity index (χ2n) is 6.85. The lowest BCUT2D eigenvalue weighted by Gasteiger charge is -2.22. The fourth-order valence-corrected chi connectivity index (χ4v) is 2.55. The molecule has 1 N–H and O–H groups in total. The Hall–Kier alpha value is -2.28. The van der Waals surface area contributed by atoms with Gasteiger partial charge in [0.05, 0.1) is 13.2 Å². The number of carboxylic acid groups (broad SMARTS) is 1. The summed E-state index contributed by atoms with van der Waals surface area (Å²) < 4.78 is 16.1. The molecule has 1 aromatic carbocycles. The van der Waals surface area contributed by atoms with Crippen LogP contribution >= 0.6 is 0 Å². The van der Waals surface area contributed by atoms with Gasteiger partial charge in [-0.2, -0.15) is 0 Å². The molecular weight excluding hydrogens is 362 g/mol. The Bertz CT molecular complexity index is 587. The molecule has 0 radical (unpaired) electrons. The van der Waals surface area contributed by atoms with Crippen molar-refractivity contribution in [2.24, 2.45) is 5.92 Å². The van der Waals surface area contributed by atoms with Crippen LogP contribution in [0.2, 0.25) is 0 Å². The molecule has 1 atom stereocenters. The molecule has 0 fully saturated rings. The minimum absolute atomic E-state index is 0.301. The molecule has 0 aromatic heterocycles. The van der Waals surface area contributed by atoms with E-state index in [9.17, 15) is 9.59 Å². The van der Waals surface area contributed by atoms with Crippen LogP contribution in [0.15, 0.2) is 24.3 Å². The zero-order valence-corrected chi connectivity index (χ0v) is 17.3. The molecule has 1 rings (SSSR count). The maximum atomic E-state index is 12.0. The number of hydrogen-bond donors (Lipinski definition) is 1. The summed E-state index contributed by atoms with van der Waals surface area (Å²) in [6.07, 6.45) is 0.0292. The molecule has 158 valence electrons. The largest absolute Gasteiger partial charge is 0.492 e. The van der Waals surface area contributed by atoms with Crippen molar-refractivity contribution in [3.8, 4) is 5.75 Å². The molecule has 1 amide bonds. The van der Waals surface area contributed by atoms with Gasteiger partial charge in [-0.1, -0.05) is 26.0 Å². The summed E-state index contributed by atoms with van der Waals surface area (Å²) in [5.41, 5.74) is 0.860. The number of benzene rings is 1. The summed E-state index contributed by atoms with van der Waals surface area (Å²) in [6.45, 7) is 9.91. The fraction of sp³-hybridized carbons (Fsp3) is 0.619. The molecule has 0 bridgehead atoms. The van der Waals surface area contributed by atoms with Crippen LogP contribution in [0.5, 0.6) is 5.75 Å². The molecule has 7 nitrogen and oxygen atoms in total. The van der Waals surface area contributed by atoms with E-state index in [-0.39, 0.29) is 6.09 Å². The summed E-state index contributed by atoms with van der Waals surface area (Å²) in [6, 6.07) is 7.24. The van der Waals surface area contributed by atoms with Gasteiger partial charge in [-0.3, -0.25) is 0 Å². The second kappa shape index (κ2) is 13.0. The molecule has 0 saturated carbocycles. The normalized spacial score (nSPS) is 11.9. The molecule has 0 spiro atoms. The number of aliphatic carboxylic acids is 1. The number of amides is 1. The predicted molar refractivity (Wildman–Crippen MR) is 107 cm³/mol. The Labute approximate surface area is 167 Å². The van der Waals surface area contributed by atoms with E-state index in [2.05, 4.69) is 13.8 Å². The van der Waals surface area contributed by atoms with E-state index in [1.54, 1.807) is 30.9 Å². The zero-order valence-electron chi connectivity index (χ0n) is 17.3. The van der Waals surface area contributed by atoms with Gasteiger partial charge >= 0.3 is 12.1 Å². The highest BCUT2D eigenvalue weighted by molar-refractivity contribution is 5.72. The first-order valence-corrected chi connectivity index (χ1v) is 9.85. The minimum Gasteiger partial charge on any atom is -0.492 e. The molecule has 1 unspecified atom stereocenters. The summed E-state index contributed by atoms with van der Waals surface area (Å²) in [5, 5.41) is 9.16. The van der Waals surface area contributed by atoms with Gasteiger partial charge in [0.15, 0.2) is 6.10 Å².